The summed E-state index contributed by atoms with van der Waals surface area (Å²) in [7, 11) is 3.49. The van der Waals surface area contributed by atoms with Crippen LogP contribution in [0.15, 0.2) is 18.2 Å². The maximum Gasteiger partial charge on any atom is 0.234 e. The molecule has 3 N–H and O–H groups in total. The van der Waals surface area contributed by atoms with Gasteiger partial charge in [-0.15, -0.1) is 0 Å². The lowest BCUT2D eigenvalue weighted by atomic mass is 10.1. The van der Waals surface area contributed by atoms with E-state index in [1.54, 1.807) is 7.11 Å². The molecule has 0 aromatic heterocycles. The minimum Gasteiger partial charge on any atom is -0.496 e. The zero-order valence-electron chi connectivity index (χ0n) is 12.1. The van der Waals surface area contributed by atoms with Crippen LogP contribution in [0.3, 0.4) is 0 Å². The number of hydrogen-bond acceptors (Lipinski definition) is 4. The van der Waals surface area contributed by atoms with E-state index < -0.39 is 0 Å². The highest BCUT2D eigenvalue weighted by atomic mass is 32.1. The maximum absolute atomic E-state index is 11.5. The van der Waals surface area contributed by atoms with Crippen molar-refractivity contribution in [2.45, 2.75) is 13.5 Å². The summed E-state index contributed by atoms with van der Waals surface area (Å²) >= 11 is 4.98. The van der Waals surface area contributed by atoms with E-state index in [0.29, 0.717) is 24.6 Å². The van der Waals surface area contributed by atoms with Gasteiger partial charge in [-0.25, -0.2) is 0 Å². The van der Waals surface area contributed by atoms with Crippen molar-refractivity contribution in [3.63, 3.8) is 0 Å². The molecule has 0 saturated carbocycles. The second-order valence-corrected chi connectivity index (χ2v) is 4.96. The summed E-state index contributed by atoms with van der Waals surface area (Å²) in [5, 5.41) is 2.77. The number of nitrogens with two attached hydrogens (primary N) is 1. The number of benzene rings is 1. The number of likely N-dealkylation sites (N-methyl/N-ethyl adjacent to an activating group) is 2. The van der Waals surface area contributed by atoms with Gasteiger partial charge in [0.2, 0.25) is 5.91 Å². The summed E-state index contributed by atoms with van der Waals surface area (Å²) in [6, 6.07) is 5.56. The third-order valence-electron chi connectivity index (χ3n) is 2.79. The van der Waals surface area contributed by atoms with Crippen molar-refractivity contribution in [2.75, 3.05) is 27.2 Å². The number of rotatable bonds is 7. The average Bonchev–Trinajstić information content (AvgIpc) is 2.38. The zero-order chi connectivity index (χ0) is 15.1. The van der Waals surface area contributed by atoms with Crippen LogP contribution in [-0.4, -0.2) is 43.0 Å². The van der Waals surface area contributed by atoms with Gasteiger partial charge in [-0.1, -0.05) is 12.2 Å². The van der Waals surface area contributed by atoms with E-state index in [1.807, 2.05) is 37.1 Å². The lowest BCUT2D eigenvalue weighted by Crippen LogP contribution is -2.34. The minimum atomic E-state index is -0.000493. The van der Waals surface area contributed by atoms with Gasteiger partial charge in [0.25, 0.3) is 0 Å². The van der Waals surface area contributed by atoms with Crippen LogP contribution in [-0.2, 0) is 11.3 Å². The highest BCUT2D eigenvalue weighted by Gasteiger charge is 2.11. The van der Waals surface area contributed by atoms with Crippen LogP contribution < -0.4 is 15.8 Å². The molecule has 0 fully saturated rings. The van der Waals surface area contributed by atoms with Gasteiger partial charge in [-0.2, -0.15) is 0 Å². The van der Waals surface area contributed by atoms with E-state index in [4.69, 9.17) is 22.7 Å². The summed E-state index contributed by atoms with van der Waals surface area (Å²) < 4.78 is 5.32. The van der Waals surface area contributed by atoms with Crippen molar-refractivity contribution in [1.29, 1.82) is 0 Å². The third-order valence-corrected chi connectivity index (χ3v) is 3.03. The fourth-order valence-corrected chi connectivity index (χ4v) is 2.03. The standard InChI is InChI=1S/C14H21N3O2S/c1-4-16-13(18)9-17(2)8-11-7-10(14(15)20)5-6-12(11)19-3/h5-7H,4,8-9H2,1-3H3,(H2,15,20)(H,16,18). The SMILES string of the molecule is CCNC(=O)CN(C)Cc1cc(C(N)=S)ccc1OC. The van der Waals surface area contributed by atoms with Gasteiger partial charge in [0.05, 0.1) is 13.7 Å². The van der Waals surface area contributed by atoms with Crippen LogP contribution >= 0.6 is 12.2 Å². The molecule has 6 heteroatoms. The molecule has 0 radical (unpaired) electrons. The molecule has 110 valence electrons. The predicted molar refractivity (Wildman–Crippen MR) is 83.9 cm³/mol. The molecule has 0 saturated heterocycles. The molecule has 5 nitrogen and oxygen atoms in total. The monoisotopic (exact) mass is 295 g/mol. The van der Waals surface area contributed by atoms with Gasteiger partial charge >= 0.3 is 0 Å². The molecule has 1 aromatic rings. The number of ether oxygens (including phenoxy) is 1. The second kappa shape index (κ2) is 7.81. The number of nitrogens with one attached hydrogen (secondary N) is 1. The molecule has 1 amide bonds. The summed E-state index contributed by atoms with van der Waals surface area (Å²) in [5.74, 6) is 0.757. The Kier molecular flexibility index (Phi) is 6.41. The van der Waals surface area contributed by atoms with Gasteiger partial charge in [0, 0.05) is 24.2 Å². The highest BCUT2D eigenvalue weighted by Crippen LogP contribution is 2.21. The van der Waals surface area contributed by atoms with Crippen molar-refractivity contribution < 1.29 is 9.53 Å². The van der Waals surface area contributed by atoms with E-state index >= 15 is 0 Å². The number of methoxy groups -OCH3 is 1. The predicted octanol–water partition coefficient (Wildman–Crippen LogP) is 0.897. The van der Waals surface area contributed by atoms with E-state index in [9.17, 15) is 4.79 Å². The Hall–Kier alpha value is -1.66. The maximum atomic E-state index is 11.5. The molecule has 0 atom stereocenters. The second-order valence-electron chi connectivity index (χ2n) is 4.52. The van der Waals surface area contributed by atoms with E-state index in [-0.39, 0.29) is 5.91 Å². The topological polar surface area (TPSA) is 67.6 Å². The minimum absolute atomic E-state index is 0.000493. The molecule has 0 aliphatic rings. The van der Waals surface area contributed by atoms with Crippen LogP contribution in [0.2, 0.25) is 0 Å². The first-order valence-corrected chi connectivity index (χ1v) is 6.80. The summed E-state index contributed by atoms with van der Waals surface area (Å²) in [6.07, 6.45) is 0. The van der Waals surface area contributed by atoms with Gasteiger partial charge in [0.1, 0.15) is 10.7 Å². The largest absolute Gasteiger partial charge is 0.496 e. The smallest absolute Gasteiger partial charge is 0.234 e. The molecule has 1 rings (SSSR count). The van der Waals surface area contributed by atoms with Crippen LogP contribution in [0.4, 0.5) is 0 Å². The van der Waals surface area contributed by atoms with Gasteiger partial charge in [-0.3, -0.25) is 9.69 Å². The van der Waals surface area contributed by atoms with Crippen LogP contribution in [0, 0.1) is 0 Å². The first-order valence-electron chi connectivity index (χ1n) is 6.39. The zero-order valence-corrected chi connectivity index (χ0v) is 12.9. The normalized spacial score (nSPS) is 10.4. The van der Waals surface area contributed by atoms with E-state index in [2.05, 4.69) is 5.32 Å². The highest BCUT2D eigenvalue weighted by molar-refractivity contribution is 7.80. The van der Waals surface area contributed by atoms with Crippen LogP contribution in [0.25, 0.3) is 0 Å². The summed E-state index contributed by atoms with van der Waals surface area (Å²) in [6.45, 7) is 3.44. The first kappa shape index (κ1) is 16.4. The number of carbonyl (C=O) groups is 1. The third kappa shape index (κ3) is 4.79. The number of nitrogens with zero attached hydrogens (tertiary/aromatic N) is 1. The molecule has 0 bridgehead atoms. The molecular weight excluding hydrogens is 274 g/mol. The fourth-order valence-electron chi connectivity index (χ4n) is 1.90. The lowest BCUT2D eigenvalue weighted by Gasteiger charge is -2.18. The number of thiocarbonyl (C=S) groups is 1. The Labute approximate surface area is 125 Å². The molecule has 0 heterocycles. The van der Waals surface area contributed by atoms with Crippen molar-refractivity contribution in [2.24, 2.45) is 5.73 Å². The molecule has 1 aromatic carbocycles. The number of amides is 1. The number of carbonyl (C=O) groups excluding carboxylic acids is 1. The quantitative estimate of drug-likeness (QED) is 0.732. The Bertz CT molecular complexity index is 491. The Morgan fingerprint density at radius 2 is 2.20 bits per heavy atom. The number of hydrogen-bond donors (Lipinski definition) is 2. The Morgan fingerprint density at radius 1 is 1.50 bits per heavy atom. The lowest BCUT2D eigenvalue weighted by molar-refractivity contribution is -0.121. The molecule has 20 heavy (non-hydrogen) atoms. The molecular formula is C14H21N3O2S. The van der Waals surface area contributed by atoms with E-state index in [0.717, 1.165) is 16.9 Å². The fraction of sp³-hybridized carbons (Fsp3) is 0.429. The van der Waals surface area contributed by atoms with E-state index in [1.165, 1.54) is 0 Å². The van der Waals surface area contributed by atoms with Crippen molar-refractivity contribution in [1.82, 2.24) is 10.2 Å². The average molecular weight is 295 g/mol. The van der Waals surface area contributed by atoms with Crippen LogP contribution in [0.5, 0.6) is 5.75 Å². The Morgan fingerprint density at radius 3 is 2.75 bits per heavy atom. The molecule has 0 aliphatic heterocycles. The Balaban J connectivity index is 2.81. The summed E-state index contributed by atoms with van der Waals surface area (Å²) in [4.78, 5) is 13.8. The summed E-state index contributed by atoms with van der Waals surface area (Å²) in [5.41, 5.74) is 7.38. The van der Waals surface area contributed by atoms with Gasteiger partial charge < -0.3 is 15.8 Å². The molecule has 0 spiro atoms. The van der Waals surface area contributed by atoms with Crippen molar-refractivity contribution >= 4 is 23.1 Å². The van der Waals surface area contributed by atoms with Gasteiger partial charge in [0.15, 0.2) is 0 Å². The van der Waals surface area contributed by atoms with Crippen LogP contribution in [0.1, 0.15) is 18.1 Å². The van der Waals surface area contributed by atoms with Gasteiger partial charge in [-0.05, 0) is 32.2 Å². The first-order chi connectivity index (χ1) is 9.47. The van der Waals surface area contributed by atoms with Crippen molar-refractivity contribution in [3.05, 3.63) is 29.3 Å². The van der Waals surface area contributed by atoms with Crippen molar-refractivity contribution in [3.8, 4) is 5.75 Å². The molecule has 0 aliphatic carbocycles. The molecule has 0 unspecified atom stereocenters.